The maximum absolute atomic E-state index is 2.50. The van der Waals surface area contributed by atoms with Gasteiger partial charge in [-0.15, -0.1) is 0 Å². The van der Waals surface area contributed by atoms with E-state index in [9.17, 15) is 0 Å². The fourth-order valence-corrected chi connectivity index (χ4v) is 4.64. The van der Waals surface area contributed by atoms with E-state index in [4.69, 9.17) is 0 Å². The van der Waals surface area contributed by atoms with Crippen molar-refractivity contribution in [2.24, 2.45) is 0 Å². The average Bonchev–Trinajstić information content (AvgIpc) is 2.59. The monoisotopic (exact) mass is 251 g/mol. The summed E-state index contributed by atoms with van der Waals surface area (Å²) in [6, 6.07) is 0. The van der Waals surface area contributed by atoms with E-state index in [1.54, 1.807) is 16.7 Å². The predicted octanol–water partition coefficient (Wildman–Crippen LogP) is 5.10. The normalized spacial score (nSPS) is 29.9. The van der Waals surface area contributed by atoms with Crippen LogP contribution in [0.25, 0.3) is 0 Å². The first-order valence-electron chi connectivity index (χ1n) is 6.89. The number of allylic oxidation sites excluding steroid dienone is 4. The molecule has 2 rings (SSSR count). The summed E-state index contributed by atoms with van der Waals surface area (Å²) < 4.78 is 0.426. The second-order valence-corrected chi connectivity index (χ2v) is 6.42. The van der Waals surface area contributed by atoms with Gasteiger partial charge in [-0.1, -0.05) is 0 Å². The molecule has 0 heterocycles. The van der Waals surface area contributed by atoms with Crippen LogP contribution in [0.15, 0.2) is 22.3 Å². The summed E-state index contributed by atoms with van der Waals surface area (Å²) in [7, 11) is 0. The zero-order valence-electron chi connectivity index (χ0n) is 10.9. The van der Waals surface area contributed by atoms with Gasteiger partial charge in [0.2, 0.25) is 0 Å². The fraction of sp³-hybridized carbons (Fsp3) is 0.733. The molecule has 16 heavy (non-hydrogen) atoms. The summed E-state index contributed by atoms with van der Waals surface area (Å²) in [6.07, 6.45) is 9.35. The molecule has 0 radical (unpaired) electrons. The fourth-order valence-electron chi connectivity index (χ4n) is 3.70. The van der Waals surface area contributed by atoms with Gasteiger partial charge in [0, 0.05) is 0 Å². The zero-order valence-corrected chi connectivity index (χ0v) is 12.5. The first-order chi connectivity index (χ1) is 7.69. The van der Waals surface area contributed by atoms with Crippen LogP contribution in [0.5, 0.6) is 0 Å². The zero-order chi connectivity index (χ0) is 11.8. The summed E-state index contributed by atoms with van der Waals surface area (Å²) in [6.45, 7) is 7.05. The van der Waals surface area contributed by atoms with Gasteiger partial charge >= 0.3 is 112 Å². The van der Waals surface area contributed by atoms with Crippen molar-refractivity contribution in [3.8, 4) is 0 Å². The van der Waals surface area contributed by atoms with Crippen LogP contribution in [0.1, 0.15) is 65.7 Å². The quantitative estimate of drug-likeness (QED) is 0.612. The summed E-state index contributed by atoms with van der Waals surface area (Å²) in [5.74, 6) is 0. The van der Waals surface area contributed by atoms with Gasteiger partial charge in [0.15, 0.2) is 0 Å². The summed E-state index contributed by atoms with van der Waals surface area (Å²) >= 11 is 2.50. The molecule has 0 nitrogen and oxygen atoms in total. The molecular formula is C15H23Ti. The average molecular weight is 251 g/mol. The van der Waals surface area contributed by atoms with Crippen molar-refractivity contribution in [1.29, 1.82) is 0 Å². The Morgan fingerprint density at radius 3 is 2.31 bits per heavy atom. The number of rotatable bonds is 3. The van der Waals surface area contributed by atoms with E-state index < -0.39 is 0 Å². The molecule has 0 saturated heterocycles. The van der Waals surface area contributed by atoms with Crippen LogP contribution in [-0.2, 0) is 20.4 Å². The second kappa shape index (κ2) is 4.82. The van der Waals surface area contributed by atoms with Gasteiger partial charge < -0.3 is 0 Å². The molecule has 1 atom stereocenters. The van der Waals surface area contributed by atoms with Crippen molar-refractivity contribution in [2.45, 2.75) is 69.4 Å². The van der Waals surface area contributed by atoms with Crippen LogP contribution < -0.4 is 0 Å². The van der Waals surface area contributed by atoms with Gasteiger partial charge in [-0.25, -0.2) is 0 Å². The van der Waals surface area contributed by atoms with Gasteiger partial charge in [-0.05, 0) is 0 Å². The molecule has 0 N–H and O–H groups in total. The van der Waals surface area contributed by atoms with Crippen molar-refractivity contribution in [3.05, 3.63) is 22.3 Å². The minimum absolute atomic E-state index is 0.426. The number of hydrogen-bond acceptors (Lipinski definition) is 0. The molecule has 0 amide bonds. The Bertz CT molecular complexity index is 334. The Balaban J connectivity index is 2.52. The van der Waals surface area contributed by atoms with Gasteiger partial charge in [-0.3, -0.25) is 0 Å². The molecule has 1 heteroatoms. The molecule has 2 aliphatic carbocycles. The summed E-state index contributed by atoms with van der Waals surface area (Å²) in [4.78, 5) is 0. The molecule has 0 aliphatic heterocycles. The molecule has 1 unspecified atom stereocenters. The third kappa shape index (κ3) is 1.69. The first kappa shape index (κ1) is 12.6. The van der Waals surface area contributed by atoms with E-state index in [0.717, 1.165) is 0 Å². The molecule has 0 spiro atoms. The third-order valence-corrected chi connectivity index (χ3v) is 5.96. The van der Waals surface area contributed by atoms with Gasteiger partial charge in [0.05, 0.1) is 0 Å². The van der Waals surface area contributed by atoms with Crippen molar-refractivity contribution in [3.63, 3.8) is 0 Å². The van der Waals surface area contributed by atoms with Crippen LogP contribution in [0.2, 0.25) is 3.72 Å². The minimum atomic E-state index is 0.426. The van der Waals surface area contributed by atoms with Gasteiger partial charge in [-0.2, -0.15) is 0 Å². The van der Waals surface area contributed by atoms with Crippen molar-refractivity contribution in [2.75, 3.05) is 0 Å². The molecule has 2 aliphatic rings. The summed E-state index contributed by atoms with van der Waals surface area (Å²) in [5.41, 5.74) is 7.09. The van der Waals surface area contributed by atoms with E-state index in [1.807, 2.05) is 5.57 Å². The van der Waals surface area contributed by atoms with Crippen molar-refractivity contribution >= 4 is 0 Å². The van der Waals surface area contributed by atoms with E-state index in [1.165, 1.54) is 44.9 Å². The Labute approximate surface area is 112 Å². The predicted molar refractivity (Wildman–Crippen MR) is 66.1 cm³/mol. The standard InChI is InChI=1S/C15H23.Ti/c1-4-11-12(5-2)14-9-7-8-10-15(14)13(11)6-3;/h4-10H2,1-3H3;. The number of hydrogen-bond donors (Lipinski definition) is 0. The first-order valence-corrected chi connectivity index (χ1v) is 7.67. The molecule has 0 fully saturated rings. The molecule has 0 aromatic heterocycles. The van der Waals surface area contributed by atoms with Crippen LogP contribution in [-0.4, -0.2) is 0 Å². The maximum atomic E-state index is 2.50. The molecule has 87 valence electrons. The summed E-state index contributed by atoms with van der Waals surface area (Å²) in [5, 5.41) is 0. The van der Waals surface area contributed by atoms with Gasteiger partial charge in [0.25, 0.3) is 0 Å². The topological polar surface area (TPSA) is 0 Å². The second-order valence-electron chi connectivity index (χ2n) is 5.09. The Hall–Kier alpha value is 0.194. The Morgan fingerprint density at radius 1 is 1.06 bits per heavy atom. The van der Waals surface area contributed by atoms with Crippen molar-refractivity contribution < 1.29 is 20.4 Å². The van der Waals surface area contributed by atoms with Crippen LogP contribution in [0, 0.1) is 0 Å². The van der Waals surface area contributed by atoms with Crippen LogP contribution >= 0.6 is 0 Å². The van der Waals surface area contributed by atoms with Crippen molar-refractivity contribution in [1.82, 2.24) is 0 Å². The Morgan fingerprint density at radius 2 is 1.75 bits per heavy atom. The van der Waals surface area contributed by atoms with E-state index in [0.29, 0.717) is 3.72 Å². The van der Waals surface area contributed by atoms with E-state index >= 15 is 0 Å². The third-order valence-electron chi connectivity index (χ3n) is 4.46. The Kier molecular flexibility index (Phi) is 3.81. The van der Waals surface area contributed by atoms with Crippen LogP contribution in [0.3, 0.4) is 0 Å². The van der Waals surface area contributed by atoms with Crippen LogP contribution in [0.4, 0.5) is 0 Å². The SMILES string of the molecule is CCC1=C(CC)[C]([Ti])(CC)C2=C1CCCC2. The molecule has 0 bridgehead atoms. The van der Waals surface area contributed by atoms with E-state index in [-0.39, 0.29) is 0 Å². The molecule has 0 saturated carbocycles. The van der Waals surface area contributed by atoms with Gasteiger partial charge in [0.1, 0.15) is 0 Å². The molecule has 0 aromatic rings. The molecular weight excluding hydrogens is 228 g/mol. The molecule has 0 aromatic carbocycles. The van der Waals surface area contributed by atoms with E-state index in [2.05, 4.69) is 41.2 Å².